The number of aromatic nitrogens is 2. The average molecular weight is 273 g/mol. The second-order valence-electron chi connectivity index (χ2n) is 4.85. The fraction of sp³-hybridized carbons (Fsp3) is 0.438. The highest BCUT2D eigenvalue weighted by atomic mass is 16.5. The van der Waals surface area contributed by atoms with Gasteiger partial charge in [0.2, 0.25) is 0 Å². The van der Waals surface area contributed by atoms with E-state index >= 15 is 0 Å². The third kappa shape index (κ3) is 4.10. The molecule has 0 amide bonds. The van der Waals surface area contributed by atoms with Gasteiger partial charge >= 0.3 is 0 Å². The highest BCUT2D eigenvalue weighted by Gasteiger charge is 2.15. The van der Waals surface area contributed by atoms with Crippen molar-refractivity contribution in [3.05, 3.63) is 48.5 Å². The molecule has 1 atom stereocenters. The smallest absolute Gasteiger partial charge is 0.125 e. The normalized spacial score (nSPS) is 12.3. The molecule has 1 N–H and O–H groups in total. The van der Waals surface area contributed by atoms with E-state index in [4.69, 9.17) is 4.74 Å². The molecule has 2 rings (SSSR count). The number of ether oxygens (including phenoxy) is 1. The molecule has 0 bridgehead atoms. The predicted molar refractivity (Wildman–Crippen MR) is 80.8 cm³/mol. The third-order valence-electron chi connectivity index (χ3n) is 3.23. The minimum Gasteiger partial charge on any atom is -0.494 e. The highest BCUT2D eigenvalue weighted by Crippen LogP contribution is 2.16. The summed E-state index contributed by atoms with van der Waals surface area (Å²) in [6, 6.07) is 10.2. The molecule has 0 saturated carbocycles. The van der Waals surface area contributed by atoms with Gasteiger partial charge < -0.3 is 14.6 Å². The number of para-hydroxylation sites is 1. The van der Waals surface area contributed by atoms with Crippen molar-refractivity contribution in [1.29, 1.82) is 0 Å². The first-order valence-corrected chi connectivity index (χ1v) is 7.19. The van der Waals surface area contributed by atoms with Gasteiger partial charge in [0, 0.05) is 25.9 Å². The van der Waals surface area contributed by atoms with Crippen LogP contribution in [0.15, 0.2) is 42.7 Å². The van der Waals surface area contributed by atoms with Gasteiger partial charge in [-0.25, -0.2) is 4.98 Å². The highest BCUT2D eigenvalue weighted by molar-refractivity contribution is 5.20. The molecule has 1 aromatic heterocycles. The van der Waals surface area contributed by atoms with Gasteiger partial charge in [0.25, 0.3) is 0 Å². The van der Waals surface area contributed by atoms with Crippen LogP contribution in [0.4, 0.5) is 0 Å². The van der Waals surface area contributed by atoms with Gasteiger partial charge in [-0.05, 0) is 25.1 Å². The number of nitrogens with zero attached hydrogens (tertiary/aromatic N) is 2. The van der Waals surface area contributed by atoms with Crippen LogP contribution < -0.4 is 10.1 Å². The summed E-state index contributed by atoms with van der Waals surface area (Å²) in [5.74, 6) is 1.98. The predicted octanol–water partition coefficient (Wildman–Crippen LogP) is 2.93. The van der Waals surface area contributed by atoms with Crippen molar-refractivity contribution in [2.24, 2.45) is 7.05 Å². The Balaban J connectivity index is 1.89. The van der Waals surface area contributed by atoms with Crippen LogP contribution in [0.3, 0.4) is 0 Å². The lowest BCUT2D eigenvalue weighted by Crippen LogP contribution is -2.26. The van der Waals surface area contributed by atoms with Crippen LogP contribution in [-0.4, -0.2) is 22.7 Å². The number of rotatable bonds is 8. The van der Waals surface area contributed by atoms with E-state index in [1.165, 1.54) is 0 Å². The van der Waals surface area contributed by atoms with E-state index in [9.17, 15) is 0 Å². The molecule has 4 heteroatoms. The van der Waals surface area contributed by atoms with E-state index in [0.717, 1.165) is 31.0 Å². The number of benzene rings is 1. The van der Waals surface area contributed by atoms with Gasteiger partial charge in [0.05, 0.1) is 12.6 Å². The Morgan fingerprint density at radius 1 is 1.30 bits per heavy atom. The summed E-state index contributed by atoms with van der Waals surface area (Å²) in [5.41, 5.74) is 0. The summed E-state index contributed by atoms with van der Waals surface area (Å²) in [6.45, 7) is 3.84. The van der Waals surface area contributed by atoms with E-state index in [1.54, 1.807) is 0 Å². The third-order valence-corrected chi connectivity index (χ3v) is 3.23. The molecular formula is C16H23N3O. The lowest BCUT2D eigenvalue weighted by molar-refractivity contribution is 0.282. The minimum absolute atomic E-state index is 0.235. The van der Waals surface area contributed by atoms with Crippen LogP contribution in [0.1, 0.15) is 31.6 Å². The van der Waals surface area contributed by atoms with Crippen molar-refractivity contribution in [3.63, 3.8) is 0 Å². The van der Waals surface area contributed by atoms with Gasteiger partial charge in [-0.3, -0.25) is 0 Å². The van der Waals surface area contributed by atoms with Crippen LogP contribution >= 0.6 is 0 Å². The van der Waals surface area contributed by atoms with Crippen molar-refractivity contribution < 1.29 is 4.74 Å². The van der Waals surface area contributed by atoms with Crippen LogP contribution in [0.25, 0.3) is 0 Å². The topological polar surface area (TPSA) is 39.1 Å². The Morgan fingerprint density at radius 2 is 2.10 bits per heavy atom. The SMILES string of the molecule is CCCNC(CCOc1ccccc1)c1nccn1C. The Kier molecular flexibility index (Phi) is 5.62. The first-order valence-electron chi connectivity index (χ1n) is 7.19. The average Bonchev–Trinajstić information content (AvgIpc) is 2.90. The molecule has 0 aliphatic heterocycles. The maximum absolute atomic E-state index is 5.78. The van der Waals surface area contributed by atoms with Crippen LogP contribution in [0.2, 0.25) is 0 Å². The van der Waals surface area contributed by atoms with Gasteiger partial charge in [-0.15, -0.1) is 0 Å². The van der Waals surface area contributed by atoms with E-state index < -0.39 is 0 Å². The van der Waals surface area contributed by atoms with Gasteiger partial charge in [0.1, 0.15) is 11.6 Å². The maximum atomic E-state index is 5.78. The van der Waals surface area contributed by atoms with E-state index in [0.29, 0.717) is 6.61 Å². The molecule has 4 nitrogen and oxygen atoms in total. The van der Waals surface area contributed by atoms with Crippen molar-refractivity contribution >= 4 is 0 Å². The van der Waals surface area contributed by atoms with Crippen LogP contribution in [0, 0.1) is 0 Å². The molecule has 0 fully saturated rings. The molecule has 20 heavy (non-hydrogen) atoms. The molecule has 1 heterocycles. The molecule has 108 valence electrons. The zero-order chi connectivity index (χ0) is 14.2. The largest absolute Gasteiger partial charge is 0.494 e. The number of hydrogen-bond donors (Lipinski definition) is 1. The van der Waals surface area contributed by atoms with Crippen molar-refractivity contribution in [1.82, 2.24) is 14.9 Å². The lowest BCUT2D eigenvalue weighted by atomic mass is 10.2. The lowest BCUT2D eigenvalue weighted by Gasteiger charge is -2.18. The quantitative estimate of drug-likeness (QED) is 0.803. The van der Waals surface area contributed by atoms with Gasteiger partial charge in [0.15, 0.2) is 0 Å². The number of imidazole rings is 1. The molecule has 0 spiro atoms. The summed E-state index contributed by atoms with van der Waals surface area (Å²) in [6.07, 6.45) is 5.84. The van der Waals surface area contributed by atoms with E-state index in [-0.39, 0.29) is 6.04 Å². The Morgan fingerprint density at radius 3 is 2.75 bits per heavy atom. The minimum atomic E-state index is 0.235. The Labute approximate surface area is 120 Å². The fourth-order valence-corrected chi connectivity index (χ4v) is 2.17. The second-order valence-corrected chi connectivity index (χ2v) is 4.85. The Bertz CT molecular complexity index is 495. The summed E-state index contributed by atoms with van der Waals surface area (Å²) < 4.78 is 7.84. The molecule has 2 aromatic rings. The number of hydrogen-bond acceptors (Lipinski definition) is 3. The first-order chi connectivity index (χ1) is 9.81. The molecule has 0 aliphatic rings. The zero-order valence-corrected chi connectivity index (χ0v) is 12.2. The molecule has 0 saturated heterocycles. The van der Waals surface area contributed by atoms with Gasteiger partial charge in [-0.1, -0.05) is 25.1 Å². The van der Waals surface area contributed by atoms with Crippen molar-refractivity contribution in [2.45, 2.75) is 25.8 Å². The summed E-state index contributed by atoms with van der Waals surface area (Å²) >= 11 is 0. The number of aryl methyl sites for hydroxylation is 1. The molecule has 1 aromatic carbocycles. The van der Waals surface area contributed by atoms with Crippen molar-refractivity contribution in [3.8, 4) is 5.75 Å². The van der Waals surface area contributed by atoms with Crippen LogP contribution in [-0.2, 0) is 7.05 Å². The maximum Gasteiger partial charge on any atom is 0.125 e. The Hall–Kier alpha value is -1.81. The van der Waals surface area contributed by atoms with Gasteiger partial charge in [-0.2, -0.15) is 0 Å². The van der Waals surface area contributed by atoms with Crippen molar-refractivity contribution in [2.75, 3.05) is 13.2 Å². The summed E-state index contributed by atoms with van der Waals surface area (Å²) in [7, 11) is 2.03. The summed E-state index contributed by atoms with van der Waals surface area (Å²) in [5, 5.41) is 3.54. The number of nitrogens with one attached hydrogen (secondary N) is 1. The zero-order valence-electron chi connectivity index (χ0n) is 12.2. The second kappa shape index (κ2) is 7.70. The van der Waals surface area contributed by atoms with Crippen LogP contribution in [0.5, 0.6) is 5.75 Å². The fourth-order valence-electron chi connectivity index (χ4n) is 2.17. The summed E-state index contributed by atoms with van der Waals surface area (Å²) in [4.78, 5) is 4.44. The molecule has 1 unspecified atom stereocenters. The molecular weight excluding hydrogens is 250 g/mol. The standard InChI is InChI=1S/C16H23N3O/c1-3-10-17-15(16-18-11-12-19(16)2)9-13-20-14-7-5-4-6-8-14/h4-8,11-12,15,17H,3,9-10,13H2,1-2H3. The first kappa shape index (κ1) is 14.6. The molecule has 0 aliphatic carbocycles. The monoisotopic (exact) mass is 273 g/mol. The van der Waals surface area contributed by atoms with E-state index in [2.05, 4.69) is 21.8 Å². The molecule has 0 radical (unpaired) electrons. The van der Waals surface area contributed by atoms with E-state index in [1.807, 2.05) is 49.8 Å².